The van der Waals surface area contributed by atoms with Crippen molar-refractivity contribution in [3.8, 4) is 5.75 Å². The van der Waals surface area contributed by atoms with E-state index >= 15 is 0 Å². The Bertz CT molecular complexity index is 789. The summed E-state index contributed by atoms with van der Waals surface area (Å²) in [5.41, 5.74) is 2.79. The Morgan fingerprint density at radius 3 is 2.76 bits per heavy atom. The van der Waals surface area contributed by atoms with E-state index in [1.165, 1.54) is 0 Å². The summed E-state index contributed by atoms with van der Waals surface area (Å²) < 4.78 is 6.28. The van der Waals surface area contributed by atoms with E-state index < -0.39 is 0 Å². The lowest BCUT2D eigenvalue weighted by molar-refractivity contribution is 0.0761. The van der Waals surface area contributed by atoms with Crippen molar-refractivity contribution in [2.75, 3.05) is 13.1 Å². The fourth-order valence-electron chi connectivity index (χ4n) is 4.27. The molecule has 1 saturated carbocycles. The summed E-state index contributed by atoms with van der Waals surface area (Å²) in [7, 11) is 0. The fraction of sp³-hybridized carbons (Fsp3) is 0.429. The van der Waals surface area contributed by atoms with E-state index in [0.29, 0.717) is 11.8 Å². The van der Waals surface area contributed by atoms with Gasteiger partial charge >= 0.3 is 0 Å². The minimum Gasteiger partial charge on any atom is -0.488 e. The summed E-state index contributed by atoms with van der Waals surface area (Å²) in [6, 6.07) is 11.7. The molecular formula is C21H24N2O2. The molecule has 1 aliphatic carbocycles. The summed E-state index contributed by atoms with van der Waals surface area (Å²) in [5, 5.41) is 0. The number of rotatable bonds is 3. The maximum atomic E-state index is 12.9. The zero-order chi connectivity index (χ0) is 17.4. The molecule has 2 aromatic rings. The Morgan fingerprint density at radius 1 is 1.12 bits per heavy atom. The average Bonchev–Trinajstić information content (AvgIpc) is 3.19. The van der Waals surface area contributed by atoms with E-state index in [0.717, 1.165) is 48.5 Å². The second-order valence-corrected chi connectivity index (χ2v) is 7.27. The van der Waals surface area contributed by atoms with Crippen LogP contribution in [0.4, 0.5) is 0 Å². The number of pyridine rings is 1. The van der Waals surface area contributed by atoms with Crippen molar-refractivity contribution in [3.63, 3.8) is 0 Å². The van der Waals surface area contributed by atoms with E-state index in [1.807, 2.05) is 55.1 Å². The molecule has 4 heteroatoms. The number of amides is 1. The second kappa shape index (κ2) is 6.51. The van der Waals surface area contributed by atoms with E-state index in [1.54, 1.807) is 6.20 Å². The number of carbonyl (C=O) groups excluding carboxylic acids is 1. The van der Waals surface area contributed by atoms with Gasteiger partial charge in [0.05, 0.1) is 5.69 Å². The number of benzene rings is 1. The quantitative estimate of drug-likeness (QED) is 0.859. The van der Waals surface area contributed by atoms with E-state index in [9.17, 15) is 4.79 Å². The van der Waals surface area contributed by atoms with Crippen LogP contribution in [0, 0.1) is 25.7 Å². The van der Waals surface area contributed by atoms with Gasteiger partial charge < -0.3 is 9.64 Å². The standard InChI is InChI=1S/C21H24N2O2/c1-14-6-3-4-7-17(14)21(24)23-12-16-9-10-20(18(16)13-23)25-19-8-5-11-22-15(19)2/h3-8,11,16,18,20H,9-10,12-13H2,1-2H3/t16-,18+,20-/m1/s1. The topological polar surface area (TPSA) is 42.4 Å². The molecule has 0 radical (unpaired) electrons. The van der Waals surface area contributed by atoms with Crippen LogP contribution in [0.1, 0.15) is 34.5 Å². The Balaban J connectivity index is 1.47. The SMILES string of the molecule is Cc1ccccc1C(=O)N1C[C@H]2CC[C@@H](Oc3cccnc3C)[C@H]2C1. The Kier molecular flexibility index (Phi) is 4.20. The highest BCUT2D eigenvalue weighted by Gasteiger charge is 2.45. The monoisotopic (exact) mass is 336 g/mol. The van der Waals surface area contributed by atoms with Gasteiger partial charge in [-0.2, -0.15) is 0 Å². The zero-order valence-corrected chi connectivity index (χ0v) is 14.8. The van der Waals surface area contributed by atoms with Gasteiger partial charge in [-0.1, -0.05) is 18.2 Å². The fourth-order valence-corrected chi connectivity index (χ4v) is 4.27. The molecule has 4 nitrogen and oxygen atoms in total. The molecular weight excluding hydrogens is 312 g/mol. The number of nitrogens with zero attached hydrogens (tertiary/aromatic N) is 2. The molecule has 2 fully saturated rings. The minimum absolute atomic E-state index is 0.156. The lowest BCUT2D eigenvalue weighted by atomic mass is 9.99. The van der Waals surface area contributed by atoms with Gasteiger partial charge in [0.1, 0.15) is 11.9 Å². The molecule has 1 saturated heterocycles. The van der Waals surface area contributed by atoms with Crippen LogP contribution in [0.3, 0.4) is 0 Å². The first-order chi connectivity index (χ1) is 12.1. The highest BCUT2D eigenvalue weighted by molar-refractivity contribution is 5.95. The van der Waals surface area contributed by atoms with E-state index in [-0.39, 0.29) is 12.0 Å². The van der Waals surface area contributed by atoms with Crippen molar-refractivity contribution in [1.82, 2.24) is 9.88 Å². The number of aromatic nitrogens is 1. The van der Waals surface area contributed by atoms with Crippen molar-refractivity contribution in [2.45, 2.75) is 32.8 Å². The number of ether oxygens (including phenoxy) is 1. The smallest absolute Gasteiger partial charge is 0.254 e. The molecule has 3 atom stereocenters. The molecule has 2 heterocycles. The Morgan fingerprint density at radius 2 is 1.96 bits per heavy atom. The van der Waals surface area contributed by atoms with Crippen LogP contribution in [-0.4, -0.2) is 35.0 Å². The number of fused-ring (bicyclic) bond motifs is 1. The zero-order valence-electron chi connectivity index (χ0n) is 14.8. The molecule has 0 bridgehead atoms. The lowest BCUT2D eigenvalue weighted by Gasteiger charge is -2.23. The summed E-state index contributed by atoms with van der Waals surface area (Å²) in [4.78, 5) is 19.2. The lowest BCUT2D eigenvalue weighted by Crippen LogP contribution is -2.32. The third kappa shape index (κ3) is 3.01. The van der Waals surface area contributed by atoms with Crippen LogP contribution in [0.2, 0.25) is 0 Å². The molecule has 1 aromatic heterocycles. The Labute approximate surface area is 148 Å². The number of hydrogen-bond acceptors (Lipinski definition) is 3. The third-order valence-electron chi connectivity index (χ3n) is 5.69. The van der Waals surface area contributed by atoms with Crippen LogP contribution >= 0.6 is 0 Å². The first kappa shape index (κ1) is 16.1. The summed E-state index contributed by atoms with van der Waals surface area (Å²) >= 11 is 0. The molecule has 130 valence electrons. The number of hydrogen-bond donors (Lipinski definition) is 0. The number of carbonyl (C=O) groups is 1. The maximum absolute atomic E-state index is 12.9. The number of aryl methyl sites for hydroxylation is 2. The molecule has 0 unspecified atom stereocenters. The largest absolute Gasteiger partial charge is 0.488 e. The van der Waals surface area contributed by atoms with Gasteiger partial charge in [0, 0.05) is 30.8 Å². The Hall–Kier alpha value is -2.36. The predicted octanol–water partition coefficient (Wildman–Crippen LogP) is 3.63. The van der Waals surface area contributed by atoms with Gasteiger partial charge in [-0.3, -0.25) is 9.78 Å². The normalized spacial score (nSPS) is 25.0. The summed E-state index contributed by atoms with van der Waals surface area (Å²) in [6.45, 7) is 5.62. The average molecular weight is 336 g/mol. The van der Waals surface area contributed by atoms with Gasteiger partial charge in [-0.15, -0.1) is 0 Å². The molecule has 0 N–H and O–H groups in total. The maximum Gasteiger partial charge on any atom is 0.254 e. The molecule has 1 aromatic carbocycles. The minimum atomic E-state index is 0.156. The van der Waals surface area contributed by atoms with Crippen molar-refractivity contribution < 1.29 is 9.53 Å². The van der Waals surface area contributed by atoms with Gasteiger partial charge in [-0.25, -0.2) is 0 Å². The highest BCUT2D eigenvalue weighted by atomic mass is 16.5. The number of likely N-dealkylation sites (tertiary alicyclic amines) is 1. The van der Waals surface area contributed by atoms with Gasteiger partial charge in [0.2, 0.25) is 0 Å². The molecule has 1 amide bonds. The van der Waals surface area contributed by atoms with Crippen molar-refractivity contribution in [1.29, 1.82) is 0 Å². The van der Waals surface area contributed by atoms with E-state index in [4.69, 9.17) is 4.74 Å². The van der Waals surface area contributed by atoms with Crippen molar-refractivity contribution >= 4 is 5.91 Å². The van der Waals surface area contributed by atoms with Gasteiger partial charge in [0.15, 0.2) is 0 Å². The van der Waals surface area contributed by atoms with Gasteiger partial charge in [-0.05, 0) is 56.4 Å². The second-order valence-electron chi connectivity index (χ2n) is 7.27. The summed E-state index contributed by atoms with van der Waals surface area (Å²) in [6.07, 6.45) is 4.17. The highest BCUT2D eigenvalue weighted by Crippen LogP contribution is 2.40. The predicted molar refractivity (Wildman–Crippen MR) is 96.7 cm³/mol. The molecule has 1 aliphatic heterocycles. The van der Waals surface area contributed by atoms with Crippen LogP contribution in [0.25, 0.3) is 0 Å². The molecule has 2 aliphatic rings. The van der Waals surface area contributed by atoms with Crippen molar-refractivity contribution in [2.24, 2.45) is 11.8 Å². The first-order valence-electron chi connectivity index (χ1n) is 9.06. The summed E-state index contributed by atoms with van der Waals surface area (Å²) in [5.74, 6) is 2.00. The molecule has 25 heavy (non-hydrogen) atoms. The van der Waals surface area contributed by atoms with Crippen LogP contribution in [0.5, 0.6) is 5.75 Å². The van der Waals surface area contributed by atoms with Crippen LogP contribution in [0.15, 0.2) is 42.6 Å². The third-order valence-corrected chi connectivity index (χ3v) is 5.69. The van der Waals surface area contributed by atoms with Crippen LogP contribution < -0.4 is 4.74 Å². The van der Waals surface area contributed by atoms with Crippen LogP contribution in [-0.2, 0) is 0 Å². The molecule has 0 spiro atoms. The van der Waals surface area contributed by atoms with Gasteiger partial charge in [0.25, 0.3) is 5.91 Å². The molecule has 4 rings (SSSR count). The van der Waals surface area contributed by atoms with Crippen molar-refractivity contribution in [3.05, 3.63) is 59.4 Å². The first-order valence-corrected chi connectivity index (χ1v) is 9.06. The van der Waals surface area contributed by atoms with E-state index in [2.05, 4.69) is 4.98 Å².